The number of anilines is 1. The SMILES string of the molecule is CNS(=O)(=O)N1CCCc2cc(C(=O)O)ccc21. The van der Waals surface area contributed by atoms with Crippen molar-refractivity contribution in [1.29, 1.82) is 0 Å². The van der Waals surface area contributed by atoms with Gasteiger partial charge in [-0.2, -0.15) is 8.42 Å². The first-order valence-electron chi connectivity index (χ1n) is 5.53. The van der Waals surface area contributed by atoms with Crippen molar-refractivity contribution in [3.8, 4) is 0 Å². The van der Waals surface area contributed by atoms with Crippen molar-refractivity contribution in [1.82, 2.24) is 4.72 Å². The summed E-state index contributed by atoms with van der Waals surface area (Å²) in [5.41, 5.74) is 1.48. The minimum absolute atomic E-state index is 0.178. The fraction of sp³-hybridized carbons (Fsp3) is 0.364. The van der Waals surface area contributed by atoms with Crippen LogP contribution in [0.15, 0.2) is 18.2 Å². The van der Waals surface area contributed by atoms with Crippen LogP contribution in [0.5, 0.6) is 0 Å². The number of fused-ring (bicyclic) bond motifs is 1. The Labute approximate surface area is 105 Å². The lowest BCUT2D eigenvalue weighted by atomic mass is 10.0. The van der Waals surface area contributed by atoms with Gasteiger partial charge >= 0.3 is 16.2 Å². The molecular formula is C11H14N2O4S. The molecular weight excluding hydrogens is 256 g/mol. The van der Waals surface area contributed by atoms with Crippen LogP contribution in [0.4, 0.5) is 5.69 Å². The van der Waals surface area contributed by atoms with Crippen LogP contribution in [-0.2, 0) is 16.6 Å². The second-order valence-electron chi connectivity index (χ2n) is 4.03. The van der Waals surface area contributed by atoms with Crippen LogP contribution in [0.2, 0.25) is 0 Å². The average Bonchev–Trinajstić information content (AvgIpc) is 2.37. The summed E-state index contributed by atoms with van der Waals surface area (Å²) in [5, 5.41) is 8.91. The molecule has 1 aromatic rings. The molecule has 0 atom stereocenters. The minimum atomic E-state index is -3.53. The average molecular weight is 270 g/mol. The Kier molecular flexibility index (Phi) is 3.27. The Morgan fingerprint density at radius 1 is 1.44 bits per heavy atom. The summed E-state index contributed by atoms with van der Waals surface area (Å²) in [7, 11) is -2.18. The molecule has 0 spiro atoms. The van der Waals surface area contributed by atoms with E-state index in [9.17, 15) is 13.2 Å². The van der Waals surface area contributed by atoms with E-state index in [4.69, 9.17) is 5.11 Å². The molecule has 1 aliphatic rings. The Balaban J connectivity index is 2.49. The highest BCUT2D eigenvalue weighted by Crippen LogP contribution is 2.29. The Morgan fingerprint density at radius 3 is 2.78 bits per heavy atom. The van der Waals surface area contributed by atoms with Gasteiger partial charge in [0, 0.05) is 13.6 Å². The summed E-state index contributed by atoms with van der Waals surface area (Å²) in [5.74, 6) is -1.01. The molecule has 1 aliphatic heterocycles. The number of nitrogens with zero attached hydrogens (tertiary/aromatic N) is 1. The second kappa shape index (κ2) is 4.58. The van der Waals surface area contributed by atoms with Gasteiger partial charge in [-0.15, -0.1) is 0 Å². The zero-order valence-corrected chi connectivity index (χ0v) is 10.7. The maximum Gasteiger partial charge on any atom is 0.335 e. The van der Waals surface area contributed by atoms with Crippen molar-refractivity contribution < 1.29 is 18.3 Å². The van der Waals surface area contributed by atoms with Crippen molar-refractivity contribution in [2.45, 2.75) is 12.8 Å². The zero-order chi connectivity index (χ0) is 13.3. The molecule has 18 heavy (non-hydrogen) atoms. The van der Waals surface area contributed by atoms with Gasteiger partial charge < -0.3 is 5.11 Å². The summed E-state index contributed by atoms with van der Waals surface area (Å²) >= 11 is 0. The largest absolute Gasteiger partial charge is 0.478 e. The van der Waals surface area contributed by atoms with E-state index in [2.05, 4.69) is 4.72 Å². The van der Waals surface area contributed by atoms with Gasteiger partial charge in [-0.05, 0) is 36.6 Å². The summed E-state index contributed by atoms with van der Waals surface area (Å²) in [6.07, 6.45) is 1.36. The number of benzene rings is 1. The third kappa shape index (κ3) is 2.19. The number of hydrogen-bond acceptors (Lipinski definition) is 3. The highest BCUT2D eigenvalue weighted by atomic mass is 32.2. The van der Waals surface area contributed by atoms with E-state index in [1.807, 2.05) is 0 Å². The quantitative estimate of drug-likeness (QED) is 0.842. The first-order valence-corrected chi connectivity index (χ1v) is 6.97. The molecule has 0 unspecified atom stereocenters. The number of carboxylic acids is 1. The Bertz CT molecular complexity index is 583. The number of nitrogens with one attached hydrogen (secondary N) is 1. The van der Waals surface area contributed by atoms with Gasteiger partial charge in [-0.3, -0.25) is 4.31 Å². The van der Waals surface area contributed by atoms with E-state index >= 15 is 0 Å². The van der Waals surface area contributed by atoms with E-state index in [0.29, 0.717) is 25.1 Å². The molecule has 0 aromatic heterocycles. The number of aryl methyl sites for hydroxylation is 1. The van der Waals surface area contributed by atoms with Crippen LogP contribution in [0.25, 0.3) is 0 Å². The Hall–Kier alpha value is -1.60. The van der Waals surface area contributed by atoms with Gasteiger partial charge in [0.05, 0.1) is 11.3 Å². The molecule has 0 fully saturated rings. The van der Waals surface area contributed by atoms with Crippen molar-refractivity contribution in [2.75, 3.05) is 17.9 Å². The van der Waals surface area contributed by atoms with E-state index in [1.54, 1.807) is 6.07 Å². The van der Waals surface area contributed by atoms with Crippen molar-refractivity contribution in [3.05, 3.63) is 29.3 Å². The van der Waals surface area contributed by atoms with Gasteiger partial charge in [-0.25, -0.2) is 9.52 Å². The van der Waals surface area contributed by atoms with Gasteiger partial charge in [0.25, 0.3) is 0 Å². The molecule has 0 radical (unpaired) electrons. The first kappa shape index (κ1) is 12.8. The van der Waals surface area contributed by atoms with E-state index < -0.39 is 16.2 Å². The monoisotopic (exact) mass is 270 g/mol. The number of carbonyl (C=O) groups is 1. The summed E-state index contributed by atoms with van der Waals surface area (Å²) in [4.78, 5) is 10.9. The second-order valence-corrected chi connectivity index (χ2v) is 5.83. The third-order valence-electron chi connectivity index (χ3n) is 2.95. The van der Waals surface area contributed by atoms with Gasteiger partial charge in [0.15, 0.2) is 0 Å². The molecule has 0 amide bonds. The van der Waals surface area contributed by atoms with E-state index in [1.165, 1.54) is 23.5 Å². The molecule has 7 heteroatoms. The van der Waals surface area contributed by atoms with Crippen LogP contribution < -0.4 is 9.03 Å². The molecule has 0 saturated heterocycles. The summed E-state index contributed by atoms with van der Waals surface area (Å²) in [6.45, 7) is 0.405. The molecule has 1 heterocycles. The Morgan fingerprint density at radius 2 is 2.17 bits per heavy atom. The number of carboxylic acid groups (broad SMARTS) is 1. The molecule has 0 saturated carbocycles. The standard InChI is InChI=1S/C11H14N2O4S/c1-12-18(16,17)13-6-2-3-8-7-9(11(14)15)4-5-10(8)13/h4-5,7,12H,2-3,6H2,1H3,(H,14,15). The van der Waals surface area contributed by atoms with Crippen molar-refractivity contribution >= 4 is 21.9 Å². The maximum absolute atomic E-state index is 11.8. The predicted molar refractivity (Wildman–Crippen MR) is 67.0 cm³/mol. The maximum atomic E-state index is 11.8. The summed E-state index contributed by atoms with van der Waals surface area (Å²) < 4.78 is 27.2. The predicted octanol–water partition coefficient (Wildman–Crippen LogP) is 0.602. The van der Waals surface area contributed by atoms with Crippen LogP contribution in [0.1, 0.15) is 22.3 Å². The number of rotatable bonds is 3. The van der Waals surface area contributed by atoms with Crippen molar-refractivity contribution in [3.63, 3.8) is 0 Å². The molecule has 2 N–H and O–H groups in total. The third-order valence-corrected chi connectivity index (χ3v) is 4.43. The molecule has 6 nitrogen and oxygen atoms in total. The van der Waals surface area contributed by atoms with Gasteiger partial charge in [-0.1, -0.05) is 0 Å². The first-order chi connectivity index (χ1) is 8.45. The molecule has 0 bridgehead atoms. The molecule has 1 aromatic carbocycles. The molecule has 0 aliphatic carbocycles. The normalized spacial score (nSPS) is 15.3. The number of hydrogen-bond donors (Lipinski definition) is 2. The van der Waals surface area contributed by atoms with Crippen LogP contribution >= 0.6 is 0 Å². The van der Waals surface area contributed by atoms with Crippen LogP contribution in [-0.4, -0.2) is 33.1 Å². The molecule has 98 valence electrons. The lowest BCUT2D eigenvalue weighted by Crippen LogP contribution is -2.42. The minimum Gasteiger partial charge on any atom is -0.478 e. The fourth-order valence-corrected chi connectivity index (χ4v) is 3.08. The smallest absolute Gasteiger partial charge is 0.335 e. The highest BCUT2D eigenvalue weighted by Gasteiger charge is 2.26. The topological polar surface area (TPSA) is 86.7 Å². The highest BCUT2D eigenvalue weighted by molar-refractivity contribution is 7.90. The lowest BCUT2D eigenvalue weighted by Gasteiger charge is -2.30. The fourth-order valence-electron chi connectivity index (χ4n) is 2.06. The van der Waals surface area contributed by atoms with E-state index in [-0.39, 0.29) is 5.56 Å². The van der Waals surface area contributed by atoms with E-state index in [0.717, 1.165) is 5.56 Å². The lowest BCUT2D eigenvalue weighted by molar-refractivity contribution is 0.0697. The molecule has 2 rings (SSSR count). The van der Waals surface area contributed by atoms with Gasteiger partial charge in [0.1, 0.15) is 0 Å². The van der Waals surface area contributed by atoms with Gasteiger partial charge in [0.2, 0.25) is 0 Å². The van der Waals surface area contributed by atoms with Crippen molar-refractivity contribution in [2.24, 2.45) is 0 Å². The van der Waals surface area contributed by atoms with Crippen LogP contribution in [0, 0.1) is 0 Å². The zero-order valence-electron chi connectivity index (χ0n) is 9.88. The number of aromatic carboxylic acids is 1. The van der Waals surface area contributed by atoms with Crippen LogP contribution in [0.3, 0.4) is 0 Å². The summed E-state index contributed by atoms with van der Waals surface area (Å²) in [6, 6.07) is 4.51.